The van der Waals surface area contributed by atoms with Crippen molar-refractivity contribution in [2.75, 3.05) is 0 Å². The number of hydrogen-bond donors (Lipinski definition) is 1. The minimum absolute atomic E-state index is 0.120. The molecule has 1 rings (SSSR count). The standard InChI is InChI=1S/C14H19NO2/c1-10-7-12(14(2,3)4)6-5-11(10)8-15-13(17)9-16/h5-7,9H,8H2,1-4H3,(H,15,17). The molecule has 1 aromatic rings. The van der Waals surface area contributed by atoms with Gasteiger partial charge in [-0.1, -0.05) is 39.0 Å². The third kappa shape index (κ3) is 3.70. The molecule has 0 aliphatic carbocycles. The number of rotatable bonds is 3. The zero-order chi connectivity index (χ0) is 13.1. The van der Waals surface area contributed by atoms with Crippen molar-refractivity contribution in [3.05, 3.63) is 34.9 Å². The number of aryl methyl sites for hydroxylation is 1. The molecule has 0 heterocycles. The molecule has 3 heteroatoms. The minimum Gasteiger partial charge on any atom is -0.346 e. The lowest BCUT2D eigenvalue weighted by Crippen LogP contribution is -2.24. The normalized spacial score (nSPS) is 11.1. The Hall–Kier alpha value is -1.64. The highest BCUT2D eigenvalue weighted by molar-refractivity contribution is 6.23. The summed E-state index contributed by atoms with van der Waals surface area (Å²) in [6.07, 6.45) is 0.291. The van der Waals surface area contributed by atoms with Crippen LogP contribution in [0.1, 0.15) is 37.5 Å². The lowest BCUT2D eigenvalue weighted by Gasteiger charge is -2.20. The second kappa shape index (κ2) is 5.13. The summed E-state index contributed by atoms with van der Waals surface area (Å²) in [5.41, 5.74) is 3.55. The third-order valence-electron chi connectivity index (χ3n) is 2.77. The van der Waals surface area contributed by atoms with Crippen LogP contribution in [0.2, 0.25) is 0 Å². The Labute approximate surface area is 102 Å². The number of carbonyl (C=O) groups is 2. The van der Waals surface area contributed by atoms with Gasteiger partial charge in [-0.2, -0.15) is 0 Å². The Kier molecular flexibility index (Phi) is 4.05. The lowest BCUT2D eigenvalue weighted by atomic mass is 9.85. The summed E-state index contributed by atoms with van der Waals surface area (Å²) in [6.45, 7) is 8.90. The molecule has 0 aliphatic heterocycles. The summed E-state index contributed by atoms with van der Waals surface area (Å²) >= 11 is 0. The summed E-state index contributed by atoms with van der Waals surface area (Å²) < 4.78 is 0. The average molecular weight is 233 g/mol. The first-order valence-corrected chi connectivity index (χ1v) is 5.67. The second-order valence-corrected chi connectivity index (χ2v) is 5.23. The Morgan fingerprint density at radius 1 is 1.35 bits per heavy atom. The van der Waals surface area contributed by atoms with E-state index in [1.54, 1.807) is 0 Å². The Balaban J connectivity index is 2.83. The van der Waals surface area contributed by atoms with Crippen molar-refractivity contribution in [1.82, 2.24) is 5.32 Å². The first kappa shape index (κ1) is 13.4. The van der Waals surface area contributed by atoms with Gasteiger partial charge >= 0.3 is 0 Å². The van der Waals surface area contributed by atoms with Crippen LogP contribution < -0.4 is 5.32 Å². The van der Waals surface area contributed by atoms with E-state index in [9.17, 15) is 9.59 Å². The van der Waals surface area contributed by atoms with Crippen molar-refractivity contribution in [2.45, 2.75) is 39.7 Å². The Bertz CT molecular complexity index is 430. The lowest BCUT2D eigenvalue weighted by molar-refractivity contribution is -0.131. The summed E-state index contributed by atoms with van der Waals surface area (Å²) in [5.74, 6) is -0.579. The molecule has 0 saturated heterocycles. The molecule has 3 nitrogen and oxygen atoms in total. The van der Waals surface area contributed by atoms with E-state index in [1.807, 2.05) is 13.0 Å². The smallest absolute Gasteiger partial charge is 0.284 e. The molecule has 0 spiro atoms. The zero-order valence-corrected chi connectivity index (χ0v) is 10.8. The predicted octanol–water partition coefficient (Wildman–Crippen LogP) is 2.11. The highest BCUT2D eigenvalue weighted by Gasteiger charge is 2.14. The Morgan fingerprint density at radius 2 is 2.00 bits per heavy atom. The molecule has 92 valence electrons. The van der Waals surface area contributed by atoms with E-state index in [0.717, 1.165) is 11.1 Å². The monoisotopic (exact) mass is 233 g/mol. The van der Waals surface area contributed by atoms with Gasteiger partial charge in [0.15, 0.2) is 0 Å². The van der Waals surface area contributed by atoms with Gasteiger partial charge in [0.1, 0.15) is 0 Å². The molecule has 0 atom stereocenters. The fraction of sp³-hybridized carbons (Fsp3) is 0.429. The number of nitrogens with one attached hydrogen (secondary N) is 1. The molecule has 0 fully saturated rings. The molecular formula is C14H19NO2. The van der Waals surface area contributed by atoms with Crippen molar-refractivity contribution in [3.8, 4) is 0 Å². The van der Waals surface area contributed by atoms with Crippen molar-refractivity contribution in [1.29, 1.82) is 0 Å². The van der Waals surface area contributed by atoms with Crippen LogP contribution in [0.3, 0.4) is 0 Å². The first-order chi connectivity index (χ1) is 7.84. The number of carbonyl (C=O) groups excluding carboxylic acids is 2. The van der Waals surface area contributed by atoms with Crippen LogP contribution in [0.25, 0.3) is 0 Å². The quantitative estimate of drug-likeness (QED) is 0.642. The van der Waals surface area contributed by atoms with Crippen molar-refractivity contribution >= 4 is 12.2 Å². The van der Waals surface area contributed by atoms with Crippen LogP contribution in [0.4, 0.5) is 0 Å². The topological polar surface area (TPSA) is 46.2 Å². The highest BCUT2D eigenvalue weighted by Crippen LogP contribution is 2.24. The summed E-state index contributed by atoms with van der Waals surface area (Å²) in [4.78, 5) is 21.0. The first-order valence-electron chi connectivity index (χ1n) is 5.67. The average Bonchev–Trinajstić information content (AvgIpc) is 2.25. The maximum atomic E-state index is 10.8. The van der Waals surface area contributed by atoms with Gasteiger partial charge in [-0.05, 0) is 29.0 Å². The van der Waals surface area contributed by atoms with E-state index < -0.39 is 5.91 Å². The fourth-order valence-corrected chi connectivity index (χ4v) is 1.58. The van der Waals surface area contributed by atoms with Crippen LogP contribution in [0, 0.1) is 6.92 Å². The van der Waals surface area contributed by atoms with Gasteiger partial charge in [0, 0.05) is 6.54 Å². The van der Waals surface area contributed by atoms with E-state index in [0.29, 0.717) is 12.8 Å². The summed E-state index contributed by atoms with van der Waals surface area (Å²) in [5, 5.41) is 2.54. The summed E-state index contributed by atoms with van der Waals surface area (Å²) in [6, 6.07) is 6.19. The second-order valence-electron chi connectivity index (χ2n) is 5.23. The van der Waals surface area contributed by atoms with Crippen LogP contribution in [0.15, 0.2) is 18.2 Å². The van der Waals surface area contributed by atoms with Gasteiger partial charge in [-0.3, -0.25) is 9.59 Å². The number of hydrogen-bond acceptors (Lipinski definition) is 2. The molecule has 1 N–H and O–H groups in total. The molecule has 17 heavy (non-hydrogen) atoms. The van der Waals surface area contributed by atoms with Gasteiger partial charge in [0.05, 0.1) is 0 Å². The molecule has 0 radical (unpaired) electrons. The summed E-state index contributed by atoms with van der Waals surface area (Å²) in [7, 11) is 0. The van der Waals surface area contributed by atoms with E-state index in [1.165, 1.54) is 5.56 Å². The van der Waals surface area contributed by atoms with Crippen LogP contribution in [-0.2, 0) is 21.5 Å². The largest absolute Gasteiger partial charge is 0.346 e. The zero-order valence-electron chi connectivity index (χ0n) is 10.8. The van der Waals surface area contributed by atoms with Crippen LogP contribution in [-0.4, -0.2) is 12.2 Å². The molecule has 1 aromatic carbocycles. The van der Waals surface area contributed by atoms with Gasteiger partial charge in [0.25, 0.3) is 5.91 Å². The minimum atomic E-state index is -0.579. The van der Waals surface area contributed by atoms with E-state index >= 15 is 0 Å². The number of benzene rings is 1. The third-order valence-corrected chi connectivity index (χ3v) is 2.77. The molecule has 0 unspecified atom stereocenters. The van der Waals surface area contributed by atoms with Crippen molar-refractivity contribution in [2.24, 2.45) is 0 Å². The molecule has 0 aromatic heterocycles. The number of amides is 1. The molecule has 0 saturated carbocycles. The highest BCUT2D eigenvalue weighted by atomic mass is 16.2. The molecule has 1 amide bonds. The Morgan fingerprint density at radius 3 is 2.47 bits per heavy atom. The van der Waals surface area contributed by atoms with Crippen LogP contribution in [0.5, 0.6) is 0 Å². The van der Waals surface area contributed by atoms with E-state index in [-0.39, 0.29) is 5.41 Å². The van der Waals surface area contributed by atoms with Crippen LogP contribution >= 0.6 is 0 Å². The maximum Gasteiger partial charge on any atom is 0.284 e. The van der Waals surface area contributed by atoms with Gasteiger partial charge in [0.2, 0.25) is 6.29 Å². The van der Waals surface area contributed by atoms with E-state index in [4.69, 9.17) is 0 Å². The van der Waals surface area contributed by atoms with Gasteiger partial charge in [-0.25, -0.2) is 0 Å². The van der Waals surface area contributed by atoms with E-state index in [2.05, 4.69) is 38.2 Å². The molecule has 0 aliphatic rings. The predicted molar refractivity (Wildman–Crippen MR) is 67.8 cm³/mol. The molecular weight excluding hydrogens is 214 g/mol. The fourth-order valence-electron chi connectivity index (χ4n) is 1.58. The number of aldehydes is 1. The van der Waals surface area contributed by atoms with Crippen molar-refractivity contribution in [3.63, 3.8) is 0 Å². The SMILES string of the molecule is Cc1cc(C(C)(C)C)ccc1CNC(=O)C=O. The van der Waals surface area contributed by atoms with Gasteiger partial charge in [-0.15, -0.1) is 0 Å². The molecule has 0 bridgehead atoms. The van der Waals surface area contributed by atoms with Gasteiger partial charge < -0.3 is 5.32 Å². The van der Waals surface area contributed by atoms with Crippen molar-refractivity contribution < 1.29 is 9.59 Å². The maximum absolute atomic E-state index is 10.8.